The zero-order chi connectivity index (χ0) is 22.7. The van der Waals surface area contributed by atoms with Gasteiger partial charge >= 0.3 is 6.18 Å². The average molecular weight is 461 g/mol. The van der Waals surface area contributed by atoms with Gasteiger partial charge in [-0.15, -0.1) is 0 Å². The van der Waals surface area contributed by atoms with Gasteiger partial charge in [-0.1, -0.05) is 23.7 Å². The lowest BCUT2D eigenvalue weighted by molar-refractivity contribution is -0.131. The molecule has 0 aliphatic rings. The van der Waals surface area contributed by atoms with Crippen molar-refractivity contribution in [3.8, 4) is 11.5 Å². The Morgan fingerprint density at radius 1 is 0.969 bits per heavy atom. The van der Waals surface area contributed by atoms with Crippen molar-refractivity contribution in [3.05, 3.63) is 77.3 Å². The van der Waals surface area contributed by atoms with E-state index < -0.39 is 12.6 Å². The quantitative estimate of drug-likeness (QED) is 0.310. The standard InChI is InChI=1S/C23H20ClF3N4O/c24-16-3-8-19(9-4-16)32-18-6-1-15(2-7-18)14-31-21-13-17(28)5-10-20(21)30-22(31)29-12-11-23(25,26)27/h1-10,13H,11-12,14,28H2,(H,29,30). The molecule has 0 aliphatic carbocycles. The van der Waals surface area contributed by atoms with Gasteiger partial charge in [0.1, 0.15) is 11.5 Å². The van der Waals surface area contributed by atoms with E-state index in [1.54, 1.807) is 42.5 Å². The van der Waals surface area contributed by atoms with Gasteiger partial charge in [-0.05, 0) is 60.2 Å². The molecular weight excluding hydrogens is 441 g/mol. The number of nitrogen functional groups attached to an aromatic ring is 1. The van der Waals surface area contributed by atoms with E-state index in [4.69, 9.17) is 22.1 Å². The Morgan fingerprint density at radius 2 is 1.62 bits per heavy atom. The smallest absolute Gasteiger partial charge is 0.390 e. The molecule has 0 saturated heterocycles. The summed E-state index contributed by atoms with van der Waals surface area (Å²) in [7, 11) is 0. The summed E-state index contributed by atoms with van der Waals surface area (Å²) in [6, 6.07) is 19.7. The molecule has 166 valence electrons. The van der Waals surface area contributed by atoms with Crippen LogP contribution in [0.4, 0.5) is 24.8 Å². The topological polar surface area (TPSA) is 65.1 Å². The Balaban J connectivity index is 1.54. The molecule has 32 heavy (non-hydrogen) atoms. The first kappa shape index (κ1) is 21.8. The predicted octanol–water partition coefficient (Wildman–Crippen LogP) is 6.48. The first-order valence-electron chi connectivity index (χ1n) is 9.85. The fraction of sp³-hybridized carbons (Fsp3) is 0.174. The minimum Gasteiger partial charge on any atom is -0.457 e. The normalized spacial score (nSPS) is 11.6. The Hall–Kier alpha value is -3.39. The fourth-order valence-electron chi connectivity index (χ4n) is 3.23. The maximum atomic E-state index is 12.6. The zero-order valence-electron chi connectivity index (χ0n) is 16.9. The van der Waals surface area contributed by atoms with E-state index in [2.05, 4.69) is 10.3 Å². The van der Waals surface area contributed by atoms with E-state index in [9.17, 15) is 13.2 Å². The number of anilines is 2. The van der Waals surface area contributed by atoms with Gasteiger partial charge in [-0.2, -0.15) is 13.2 Å². The van der Waals surface area contributed by atoms with E-state index in [0.29, 0.717) is 40.2 Å². The number of halogens is 4. The van der Waals surface area contributed by atoms with Crippen molar-refractivity contribution in [1.29, 1.82) is 0 Å². The number of fused-ring (bicyclic) bond motifs is 1. The molecule has 0 fully saturated rings. The van der Waals surface area contributed by atoms with Crippen molar-refractivity contribution in [2.24, 2.45) is 0 Å². The highest BCUT2D eigenvalue weighted by atomic mass is 35.5. The Bertz CT molecular complexity index is 1210. The molecule has 4 aromatic rings. The highest BCUT2D eigenvalue weighted by Crippen LogP contribution is 2.27. The Labute approximate surface area is 187 Å². The molecule has 0 amide bonds. The summed E-state index contributed by atoms with van der Waals surface area (Å²) in [5.74, 6) is 1.67. The van der Waals surface area contributed by atoms with Crippen molar-refractivity contribution < 1.29 is 17.9 Å². The number of alkyl halides is 3. The van der Waals surface area contributed by atoms with E-state index in [0.717, 1.165) is 11.1 Å². The number of nitrogens with one attached hydrogen (secondary N) is 1. The highest BCUT2D eigenvalue weighted by Gasteiger charge is 2.26. The fourth-order valence-corrected chi connectivity index (χ4v) is 3.36. The number of imidazole rings is 1. The maximum absolute atomic E-state index is 12.6. The van der Waals surface area contributed by atoms with Crippen LogP contribution in [-0.4, -0.2) is 22.3 Å². The monoisotopic (exact) mass is 460 g/mol. The summed E-state index contributed by atoms with van der Waals surface area (Å²) in [5.41, 5.74) is 8.78. The summed E-state index contributed by atoms with van der Waals surface area (Å²) in [4.78, 5) is 4.44. The summed E-state index contributed by atoms with van der Waals surface area (Å²) >= 11 is 5.89. The van der Waals surface area contributed by atoms with Gasteiger partial charge in [0, 0.05) is 17.3 Å². The molecule has 3 N–H and O–H groups in total. The number of ether oxygens (including phenoxy) is 1. The van der Waals surface area contributed by atoms with Crippen LogP contribution in [0, 0.1) is 0 Å². The van der Waals surface area contributed by atoms with Crippen LogP contribution in [0.1, 0.15) is 12.0 Å². The SMILES string of the molecule is Nc1ccc2nc(NCCC(F)(F)F)n(Cc3ccc(Oc4ccc(Cl)cc4)cc3)c2c1. The summed E-state index contributed by atoms with van der Waals surface area (Å²) in [6.45, 7) is 0.131. The van der Waals surface area contributed by atoms with Crippen LogP contribution >= 0.6 is 11.6 Å². The molecule has 4 rings (SSSR count). The minimum atomic E-state index is -4.24. The predicted molar refractivity (Wildman–Crippen MR) is 120 cm³/mol. The number of nitrogens with two attached hydrogens (primary N) is 1. The van der Waals surface area contributed by atoms with Crippen LogP contribution < -0.4 is 15.8 Å². The summed E-state index contributed by atoms with van der Waals surface area (Å²) < 4.78 is 45.3. The minimum absolute atomic E-state index is 0.268. The van der Waals surface area contributed by atoms with Gasteiger partial charge < -0.3 is 20.4 Å². The number of aromatic nitrogens is 2. The summed E-state index contributed by atoms with van der Waals surface area (Å²) in [5, 5.41) is 3.43. The number of nitrogens with zero attached hydrogens (tertiary/aromatic N) is 2. The zero-order valence-corrected chi connectivity index (χ0v) is 17.6. The van der Waals surface area contributed by atoms with Crippen LogP contribution in [0.3, 0.4) is 0 Å². The molecule has 0 atom stereocenters. The van der Waals surface area contributed by atoms with Crippen LogP contribution in [0.2, 0.25) is 5.02 Å². The van der Waals surface area contributed by atoms with E-state index in [1.165, 1.54) is 0 Å². The average Bonchev–Trinajstić information content (AvgIpc) is 3.07. The second kappa shape index (κ2) is 9.00. The Kier molecular flexibility index (Phi) is 6.14. The molecule has 0 aliphatic heterocycles. The van der Waals surface area contributed by atoms with Gasteiger partial charge in [-0.25, -0.2) is 4.98 Å². The third kappa shape index (κ3) is 5.45. The van der Waals surface area contributed by atoms with Gasteiger partial charge in [0.05, 0.1) is 24.0 Å². The van der Waals surface area contributed by atoms with Crippen LogP contribution in [0.15, 0.2) is 66.7 Å². The molecule has 0 radical (unpaired) electrons. The van der Waals surface area contributed by atoms with Crippen LogP contribution in [-0.2, 0) is 6.54 Å². The molecule has 0 bridgehead atoms. The van der Waals surface area contributed by atoms with Crippen LogP contribution in [0.5, 0.6) is 11.5 Å². The lowest BCUT2D eigenvalue weighted by Gasteiger charge is -2.13. The van der Waals surface area contributed by atoms with Crippen molar-refractivity contribution in [3.63, 3.8) is 0 Å². The van der Waals surface area contributed by atoms with Gasteiger partial charge in [0.25, 0.3) is 0 Å². The molecule has 1 aromatic heterocycles. The largest absolute Gasteiger partial charge is 0.457 e. The molecule has 9 heteroatoms. The molecule has 0 unspecified atom stereocenters. The number of hydrogen-bond donors (Lipinski definition) is 2. The van der Waals surface area contributed by atoms with Gasteiger partial charge in [0.15, 0.2) is 0 Å². The van der Waals surface area contributed by atoms with Crippen molar-refractivity contribution >= 4 is 34.3 Å². The second-order valence-corrected chi connectivity index (χ2v) is 7.70. The molecule has 0 saturated carbocycles. The molecule has 3 aromatic carbocycles. The maximum Gasteiger partial charge on any atom is 0.390 e. The van der Waals surface area contributed by atoms with Gasteiger partial charge in [0.2, 0.25) is 5.95 Å². The number of hydrogen-bond acceptors (Lipinski definition) is 4. The highest BCUT2D eigenvalue weighted by molar-refractivity contribution is 6.30. The van der Waals surface area contributed by atoms with Crippen LogP contribution in [0.25, 0.3) is 11.0 Å². The third-order valence-corrected chi connectivity index (χ3v) is 5.03. The van der Waals surface area contributed by atoms with Crippen molar-refractivity contribution in [1.82, 2.24) is 9.55 Å². The van der Waals surface area contributed by atoms with Crippen molar-refractivity contribution in [2.75, 3.05) is 17.6 Å². The molecule has 5 nitrogen and oxygen atoms in total. The first-order chi connectivity index (χ1) is 15.3. The number of rotatable bonds is 7. The second-order valence-electron chi connectivity index (χ2n) is 7.26. The number of benzene rings is 3. The van der Waals surface area contributed by atoms with E-state index in [-0.39, 0.29) is 6.54 Å². The lowest BCUT2D eigenvalue weighted by atomic mass is 10.2. The molecule has 1 heterocycles. The molecular formula is C23H20ClF3N4O. The van der Waals surface area contributed by atoms with E-state index in [1.807, 2.05) is 28.8 Å². The van der Waals surface area contributed by atoms with Crippen molar-refractivity contribution in [2.45, 2.75) is 19.1 Å². The van der Waals surface area contributed by atoms with Gasteiger partial charge in [-0.3, -0.25) is 0 Å². The first-order valence-corrected chi connectivity index (χ1v) is 10.2. The van der Waals surface area contributed by atoms with E-state index >= 15 is 0 Å². The summed E-state index contributed by atoms with van der Waals surface area (Å²) in [6.07, 6.45) is -5.19. The lowest BCUT2D eigenvalue weighted by Crippen LogP contribution is -2.17. The molecule has 0 spiro atoms. The Morgan fingerprint density at radius 3 is 2.28 bits per heavy atom. The third-order valence-electron chi connectivity index (χ3n) is 4.78.